The Morgan fingerprint density at radius 1 is 1.62 bits per heavy atom. The van der Waals surface area contributed by atoms with Gasteiger partial charge in [0.05, 0.1) is 13.5 Å². The first-order valence-electron chi connectivity index (χ1n) is 4.97. The van der Waals surface area contributed by atoms with Gasteiger partial charge in [-0.1, -0.05) is 11.6 Å². The molecule has 0 bridgehead atoms. The highest BCUT2D eigenvalue weighted by molar-refractivity contribution is 6.29. The molecule has 0 radical (unpaired) electrons. The summed E-state index contributed by atoms with van der Waals surface area (Å²) in [5.74, 6) is -0.195. The maximum absolute atomic E-state index is 10.9. The fourth-order valence-electron chi connectivity index (χ4n) is 1.32. The Morgan fingerprint density at radius 2 is 2.38 bits per heavy atom. The number of hydrogen-bond donors (Lipinski definition) is 0. The molecule has 0 unspecified atom stereocenters. The second-order valence-electron chi connectivity index (χ2n) is 3.55. The quantitative estimate of drug-likeness (QED) is 0.583. The number of aromatic nitrogens is 1. The van der Waals surface area contributed by atoms with Crippen molar-refractivity contribution in [2.24, 2.45) is 0 Å². The first-order chi connectivity index (χ1) is 7.61. The summed E-state index contributed by atoms with van der Waals surface area (Å²) in [6, 6.07) is 3.72. The van der Waals surface area contributed by atoms with E-state index in [1.807, 2.05) is 24.1 Å². The van der Waals surface area contributed by atoms with Crippen LogP contribution >= 0.6 is 11.6 Å². The number of carbonyl (C=O) groups is 1. The molecule has 0 atom stereocenters. The largest absolute Gasteiger partial charge is 0.469 e. The molecule has 1 aromatic rings. The van der Waals surface area contributed by atoms with Crippen molar-refractivity contribution in [3.8, 4) is 0 Å². The lowest BCUT2D eigenvalue weighted by molar-refractivity contribution is -0.140. The lowest BCUT2D eigenvalue weighted by Gasteiger charge is -2.15. The Balaban J connectivity index is 2.39. The summed E-state index contributed by atoms with van der Waals surface area (Å²) in [5.41, 5.74) is 1.08. The molecule has 0 spiro atoms. The number of halogens is 1. The Labute approximate surface area is 100 Å². The third-order valence-corrected chi connectivity index (χ3v) is 2.38. The van der Waals surface area contributed by atoms with Crippen LogP contribution in [0.25, 0.3) is 0 Å². The molecule has 0 aliphatic heterocycles. The molecule has 1 heterocycles. The van der Waals surface area contributed by atoms with Crippen LogP contribution in [0, 0.1) is 0 Å². The number of ether oxygens (including phenoxy) is 1. The van der Waals surface area contributed by atoms with Crippen LogP contribution in [0.3, 0.4) is 0 Å². The second kappa shape index (κ2) is 6.45. The van der Waals surface area contributed by atoms with Crippen molar-refractivity contribution in [3.63, 3.8) is 0 Å². The predicted octanol–water partition coefficient (Wildman–Crippen LogP) is 1.73. The molecule has 5 heteroatoms. The zero-order chi connectivity index (χ0) is 12.0. The van der Waals surface area contributed by atoms with Gasteiger partial charge < -0.3 is 9.64 Å². The summed E-state index contributed by atoms with van der Waals surface area (Å²) < 4.78 is 4.57. The van der Waals surface area contributed by atoms with Crippen LogP contribution in [-0.4, -0.2) is 36.6 Å². The van der Waals surface area contributed by atoms with E-state index in [9.17, 15) is 4.79 Å². The van der Waals surface area contributed by atoms with Gasteiger partial charge >= 0.3 is 5.97 Å². The smallest absolute Gasteiger partial charge is 0.306 e. The van der Waals surface area contributed by atoms with Crippen molar-refractivity contribution in [1.29, 1.82) is 0 Å². The second-order valence-corrected chi connectivity index (χ2v) is 3.94. The lowest BCUT2D eigenvalue weighted by atomic mass is 10.2. The van der Waals surface area contributed by atoms with Crippen molar-refractivity contribution in [2.45, 2.75) is 13.0 Å². The molecule has 4 nitrogen and oxygen atoms in total. The highest BCUT2D eigenvalue weighted by Gasteiger charge is 2.05. The first-order valence-corrected chi connectivity index (χ1v) is 5.35. The summed E-state index contributed by atoms with van der Waals surface area (Å²) in [5, 5.41) is 0.485. The van der Waals surface area contributed by atoms with Crippen molar-refractivity contribution < 1.29 is 9.53 Å². The Morgan fingerprint density at radius 3 is 3.00 bits per heavy atom. The van der Waals surface area contributed by atoms with Crippen molar-refractivity contribution >= 4 is 17.6 Å². The van der Waals surface area contributed by atoms with E-state index in [-0.39, 0.29) is 5.97 Å². The van der Waals surface area contributed by atoms with Gasteiger partial charge in [-0.25, -0.2) is 4.98 Å². The van der Waals surface area contributed by atoms with Gasteiger partial charge in [-0.05, 0) is 24.7 Å². The summed E-state index contributed by atoms with van der Waals surface area (Å²) in [4.78, 5) is 16.9. The van der Waals surface area contributed by atoms with Gasteiger partial charge in [0.15, 0.2) is 0 Å². The molecule has 1 rings (SSSR count). The molecular formula is C11H15ClN2O2. The topological polar surface area (TPSA) is 42.4 Å². The average Bonchev–Trinajstić information content (AvgIpc) is 2.26. The number of nitrogens with zero attached hydrogens (tertiary/aromatic N) is 2. The molecule has 0 aromatic carbocycles. The van der Waals surface area contributed by atoms with Gasteiger partial charge in [0.1, 0.15) is 5.15 Å². The minimum absolute atomic E-state index is 0.195. The predicted molar refractivity (Wildman–Crippen MR) is 62.2 cm³/mol. The molecule has 1 aromatic heterocycles. The normalized spacial score (nSPS) is 10.5. The summed E-state index contributed by atoms with van der Waals surface area (Å²) in [6.45, 7) is 1.39. The fraction of sp³-hybridized carbons (Fsp3) is 0.455. The van der Waals surface area contributed by atoms with E-state index in [0.717, 1.165) is 12.1 Å². The van der Waals surface area contributed by atoms with Gasteiger partial charge in [-0.2, -0.15) is 0 Å². The third-order valence-electron chi connectivity index (χ3n) is 2.17. The van der Waals surface area contributed by atoms with Gasteiger partial charge in [0.2, 0.25) is 0 Å². The molecule has 0 aliphatic carbocycles. The summed E-state index contributed by atoms with van der Waals surface area (Å²) in [7, 11) is 3.34. The average molecular weight is 243 g/mol. The van der Waals surface area contributed by atoms with Gasteiger partial charge in [-0.3, -0.25) is 4.79 Å². The number of esters is 1. The van der Waals surface area contributed by atoms with E-state index in [0.29, 0.717) is 18.1 Å². The van der Waals surface area contributed by atoms with Gasteiger partial charge in [0.25, 0.3) is 0 Å². The van der Waals surface area contributed by atoms with E-state index in [4.69, 9.17) is 11.6 Å². The molecule has 0 aliphatic rings. The molecule has 0 saturated heterocycles. The van der Waals surface area contributed by atoms with Crippen LogP contribution in [0.5, 0.6) is 0 Å². The molecule has 88 valence electrons. The van der Waals surface area contributed by atoms with E-state index in [1.165, 1.54) is 7.11 Å². The molecule has 0 N–H and O–H groups in total. The van der Waals surface area contributed by atoms with Crippen LogP contribution < -0.4 is 0 Å². The molecular weight excluding hydrogens is 228 g/mol. The van der Waals surface area contributed by atoms with Gasteiger partial charge in [-0.15, -0.1) is 0 Å². The SMILES string of the molecule is COC(=O)CCN(C)Cc1ccnc(Cl)c1. The van der Waals surface area contributed by atoms with Crippen LogP contribution in [0.2, 0.25) is 5.15 Å². The maximum Gasteiger partial charge on any atom is 0.306 e. The van der Waals surface area contributed by atoms with E-state index < -0.39 is 0 Å². The van der Waals surface area contributed by atoms with E-state index in [1.54, 1.807) is 6.20 Å². The molecule has 0 saturated carbocycles. The third kappa shape index (κ3) is 4.59. The number of pyridine rings is 1. The fourth-order valence-corrected chi connectivity index (χ4v) is 1.51. The number of carbonyl (C=O) groups excluding carboxylic acids is 1. The highest BCUT2D eigenvalue weighted by atomic mass is 35.5. The highest BCUT2D eigenvalue weighted by Crippen LogP contribution is 2.09. The van der Waals surface area contributed by atoms with Crippen LogP contribution in [0.15, 0.2) is 18.3 Å². The van der Waals surface area contributed by atoms with Gasteiger partial charge in [0, 0.05) is 19.3 Å². The number of rotatable bonds is 5. The van der Waals surface area contributed by atoms with E-state index >= 15 is 0 Å². The van der Waals surface area contributed by atoms with Crippen molar-refractivity contribution in [1.82, 2.24) is 9.88 Å². The Kier molecular flexibility index (Phi) is 5.22. The first kappa shape index (κ1) is 12.9. The van der Waals surface area contributed by atoms with Crippen LogP contribution in [-0.2, 0) is 16.1 Å². The molecule has 16 heavy (non-hydrogen) atoms. The minimum atomic E-state index is -0.195. The number of hydrogen-bond acceptors (Lipinski definition) is 4. The molecule has 0 amide bonds. The van der Waals surface area contributed by atoms with Crippen molar-refractivity contribution in [3.05, 3.63) is 29.0 Å². The summed E-state index contributed by atoms with van der Waals surface area (Å²) in [6.07, 6.45) is 2.07. The zero-order valence-corrected chi connectivity index (χ0v) is 10.2. The maximum atomic E-state index is 10.9. The monoisotopic (exact) mass is 242 g/mol. The lowest BCUT2D eigenvalue weighted by Crippen LogP contribution is -2.21. The number of methoxy groups -OCH3 is 1. The van der Waals surface area contributed by atoms with Crippen molar-refractivity contribution in [2.75, 3.05) is 20.7 Å². The van der Waals surface area contributed by atoms with Crippen LogP contribution in [0.1, 0.15) is 12.0 Å². The standard InChI is InChI=1S/C11H15ClN2O2/c1-14(6-4-11(15)16-2)8-9-3-5-13-10(12)7-9/h3,5,7H,4,6,8H2,1-2H3. The van der Waals surface area contributed by atoms with E-state index in [2.05, 4.69) is 9.72 Å². The Hall–Kier alpha value is -1.13. The van der Waals surface area contributed by atoms with Crippen LogP contribution in [0.4, 0.5) is 0 Å². The Bertz CT molecular complexity index is 358. The molecule has 0 fully saturated rings. The summed E-state index contributed by atoms with van der Waals surface area (Å²) >= 11 is 5.77. The minimum Gasteiger partial charge on any atom is -0.469 e. The zero-order valence-electron chi connectivity index (χ0n) is 9.44.